The highest BCUT2D eigenvalue weighted by Gasteiger charge is 2.08. The topological polar surface area (TPSA) is 18.5 Å². The van der Waals surface area contributed by atoms with Crippen LogP contribution >= 0.6 is 0 Å². The highest BCUT2D eigenvalue weighted by Crippen LogP contribution is 2.20. The molecule has 98 valence electrons. The Morgan fingerprint density at radius 2 is 1.21 bits per heavy atom. The second kappa shape index (κ2) is 5.74. The van der Waals surface area contributed by atoms with E-state index in [1.807, 2.05) is 13.8 Å². The Balaban J connectivity index is 2.00. The normalized spacial score (nSPS) is 10.1. The van der Waals surface area contributed by atoms with Crippen molar-refractivity contribution in [2.45, 2.75) is 13.8 Å². The molecule has 0 atom stereocenters. The molecule has 0 aliphatic rings. The van der Waals surface area contributed by atoms with E-state index in [9.17, 15) is 8.78 Å². The number of hydrogen-bond acceptors (Lipinski definition) is 2. The molecule has 0 amide bonds. The third-order valence-electron chi connectivity index (χ3n) is 2.60. The Bertz CT molecular complexity index is 536. The summed E-state index contributed by atoms with van der Waals surface area (Å²) >= 11 is 0. The van der Waals surface area contributed by atoms with E-state index in [2.05, 4.69) is 0 Å². The van der Waals surface area contributed by atoms with Gasteiger partial charge >= 0.3 is 7.69 Å². The van der Waals surface area contributed by atoms with E-state index in [0.717, 1.165) is 11.1 Å². The zero-order valence-corrected chi connectivity index (χ0v) is 10.7. The lowest BCUT2D eigenvalue weighted by atomic mass is 10.2. The van der Waals surface area contributed by atoms with Gasteiger partial charge in [0.1, 0.15) is 11.5 Å². The fourth-order valence-electron chi connectivity index (χ4n) is 1.60. The van der Waals surface area contributed by atoms with Crippen molar-refractivity contribution in [1.82, 2.24) is 0 Å². The van der Waals surface area contributed by atoms with Crippen molar-refractivity contribution in [1.29, 1.82) is 0 Å². The van der Waals surface area contributed by atoms with Crippen LogP contribution in [0.1, 0.15) is 11.1 Å². The van der Waals surface area contributed by atoms with E-state index in [1.165, 1.54) is 12.1 Å². The van der Waals surface area contributed by atoms with E-state index in [1.54, 1.807) is 24.3 Å². The molecule has 5 heteroatoms. The van der Waals surface area contributed by atoms with Crippen molar-refractivity contribution in [2.24, 2.45) is 0 Å². The first kappa shape index (κ1) is 13.4. The minimum absolute atomic E-state index is 0.0908. The van der Waals surface area contributed by atoms with Crippen LogP contribution in [0.15, 0.2) is 36.4 Å². The molecule has 0 saturated carbocycles. The summed E-state index contributed by atoms with van der Waals surface area (Å²) in [5.41, 5.74) is 1.75. The van der Waals surface area contributed by atoms with Crippen LogP contribution in [-0.2, 0) is 0 Å². The Labute approximate surface area is 111 Å². The molecule has 19 heavy (non-hydrogen) atoms. The van der Waals surface area contributed by atoms with Gasteiger partial charge in [-0.25, -0.2) is 8.78 Å². The smallest absolute Gasteiger partial charge is 0.526 e. The largest absolute Gasteiger partial charge is 0.576 e. The summed E-state index contributed by atoms with van der Waals surface area (Å²) in [6, 6.07) is 9.04. The summed E-state index contributed by atoms with van der Waals surface area (Å²) in [5.74, 6) is -0.765. The predicted octanol–water partition coefficient (Wildman–Crippen LogP) is 3.31. The van der Waals surface area contributed by atoms with Crippen molar-refractivity contribution >= 4 is 7.69 Å². The molecule has 2 rings (SSSR count). The predicted molar refractivity (Wildman–Crippen MR) is 70.7 cm³/mol. The molecular weight excluding hydrogens is 249 g/mol. The fraction of sp³-hybridized carbons (Fsp3) is 0.143. The zero-order chi connectivity index (χ0) is 13.8. The van der Waals surface area contributed by atoms with Gasteiger partial charge in [-0.05, 0) is 49.2 Å². The number of benzene rings is 2. The first-order valence-corrected chi connectivity index (χ1v) is 5.84. The standard InChI is InChI=1S/C14H13BF2O2/c1-9-3-5-11(16)13(7-9)18-15-19-14-8-10(2)4-6-12(14)17/h3-8,15H,1-2H3. The number of aryl methyl sites for hydroxylation is 2. The van der Waals surface area contributed by atoms with Crippen LogP contribution in [0.3, 0.4) is 0 Å². The van der Waals surface area contributed by atoms with Gasteiger partial charge in [0.15, 0.2) is 11.6 Å². The molecule has 2 nitrogen and oxygen atoms in total. The van der Waals surface area contributed by atoms with E-state index in [-0.39, 0.29) is 19.2 Å². The van der Waals surface area contributed by atoms with E-state index in [4.69, 9.17) is 9.31 Å². The van der Waals surface area contributed by atoms with Crippen LogP contribution in [-0.4, -0.2) is 7.69 Å². The van der Waals surface area contributed by atoms with Gasteiger partial charge in [-0.3, -0.25) is 0 Å². The number of rotatable bonds is 4. The van der Waals surface area contributed by atoms with Crippen LogP contribution in [0.4, 0.5) is 8.78 Å². The molecule has 2 aromatic rings. The lowest BCUT2D eigenvalue weighted by Gasteiger charge is -2.10. The van der Waals surface area contributed by atoms with Gasteiger partial charge in [0, 0.05) is 0 Å². The summed E-state index contributed by atoms with van der Waals surface area (Å²) < 4.78 is 37.1. The molecule has 0 saturated heterocycles. The average Bonchev–Trinajstić information content (AvgIpc) is 2.38. The maximum absolute atomic E-state index is 13.4. The third kappa shape index (κ3) is 3.47. The van der Waals surface area contributed by atoms with Gasteiger partial charge in [0.05, 0.1) is 0 Å². The van der Waals surface area contributed by atoms with Crippen LogP contribution in [0.25, 0.3) is 0 Å². The third-order valence-corrected chi connectivity index (χ3v) is 2.60. The maximum atomic E-state index is 13.4. The summed E-state index contributed by atoms with van der Waals surface area (Å²) in [5, 5.41) is 0. The van der Waals surface area contributed by atoms with Crippen molar-refractivity contribution in [2.75, 3.05) is 0 Å². The second-order valence-electron chi connectivity index (χ2n) is 4.27. The summed E-state index contributed by atoms with van der Waals surface area (Å²) in [6.45, 7) is 3.65. The molecule has 0 aromatic heterocycles. The average molecular weight is 262 g/mol. The Morgan fingerprint density at radius 3 is 1.63 bits per heavy atom. The fourth-order valence-corrected chi connectivity index (χ4v) is 1.60. The van der Waals surface area contributed by atoms with Crippen molar-refractivity contribution in [3.8, 4) is 11.5 Å². The van der Waals surface area contributed by atoms with Crippen molar-refractivity contribution in [3.05, 3.63) is 59.2 Å². The van der Waals surface area contributed by atoms with Crippen LogP contribution in [0, 0.1) is 25.5 Å². The summed E-state index contributed by atoms with van der Waals surface area (Å²) in [4.78, 5) is 0. The lowest BCUT2D eigenvalue weighted by molar-refractivity contribution is 0.421. The molecule has 0 fully saturated rings. The lowest BCUT2D eigenvalue weighted by Crippen LogP contribution is -2.12. The number of halogens is 2. The highest BCUT2D eigenvalue weighted by atomic mass is 19.1. The molecule has 2 aromatic carbocycles. The van der Waals surface area contributed by atoms with Gasteiger partial charge in [-0.2, -0.15) is 0 Å². The SMILES string of the molecule is Cc1ccc(F)c(OBOc2cc(C)ccc2F)c1. The maximum Gasteiger partial charge on any atom is 0.576 e. The Morgan fingerprint density at radius 1 is 0.789 bits per heavy atom. The van der Waals surface area contributed by atoms with Gasteiger partial charge < -0.3 is 9.31 Å². The number of hydrogen-bond donors (Lipinski definition) is 0. The molecule has 0 spiro atoms. The van der Waals surface area contributed by atoms with Gasteiger partial charge in [-0.15, -0.1) is 0 Å². The Hall–Kier alpha value is -2.04. The van der Waals surface area contributed by atoms with Crippen LogP contribution in [0.2, 0.25) is 0 Å². The quantitative estimate of drug-likeness (QED) is 0.787. The summed E-state index contributed by atoms with van der Waals surface area (Å²) in [6.07, 6.45) is 0. The first-order chi connectivity index (χ1) is 9.06. The van der Waals surface area contributed by atoms with E-state index >= 15 is 0 Å². The van der Waals surface area contributed by atoms with E-state index in [0.29, 0.717) is 0 Å². The highest BCUT2D eigenvalue weighted by molar-refractivity contribution is 6.20. The second-order valence-corrected chi connectivity index (χ2v) is 4.27. The molecule has 0 radical (unpaired) electrons. The molecule has 0 heterocycles. The van der Waals surface area contributed by atoms with Crippen molar-refractivity contribution < 1.29 is 18.1 Å². The monoisotopic (exact) mass is 262 g/mol. The molecule has 0 aliphatic heterocycles. The minimum Gasteiger partial charge on any atom is -0.526 e. The summed E-state index contributed by atoms with van der Waals surface area (Å²) in [7, 11) is -0.249. The molecule has 0 aliphatic carbocycles. The van der Waals surface area contributed by atoms with E-state index < -0.39 is 11.6 Å². The minimum atomic E-state index is -0.473. The van der Waals surface area contributed by atoms with Gasteiger partial charge in [0.2, 0.25) is 0 Å². The van der Waals surface area contributed by atoms with Crippen molar-refractivity contribution in [3.63, 3.8) is 0 Å². The molecule has 0 unspecified atom stereocenters. The Kier molecular flexibility index (Phi) is 4.05. The zero-order valence-electron chi connectivity index (χ0n) is 10.7. The van der Waals surface area contributed by atoms with Gasteiger partial charge in [0.25, 0.3) is 0 Å². The van der Waals surface area contributed by atoms with Crippen LogP contribution in [0.5, 0.6) is 11.5 Å². The molecular formula is C14H13BF2O2. The van der Waals surface area contributed by atoms with Gasteiger partial charge in [-0.1, -0.05) is 12.1 Å². The first-order valence-electron chi connectivity index (χ1n) is 5.84. The molecule has 0 N–H and O–H groups in total. The van der Waals surface area contributed by atoms with Crippen LogP contribution < -0.4 is 9.31 Å². The molecule has 0 bridgehead atoms.